The van der Waals surface area contributed by atoms with Crippen LogP contribution in [-0.4, -0.2) is 16.2 Å². The van der Waals surface area contributed by atoms with Crippen molar-refractivity contribution in [2.45, 2.75) is 12.3 Å². The van der Waals surface area contributed by atoms with E-state index in [1.807, 2.05) is 0 Å². The van der Waals surface area contributed by atoms with Crippen LogP contribution in [-0.2, 0) is 11.0 Å². The van der Waals surface area contributed by atoms with Gasteiger partial charge in [-0.1, -0.05) is 24.3 Å². The minimum Gasteiger partial charge on any atom is -0.479 e. The largest absolute Gasteiger partial charge is 0.479 e. The molecule has 3 nitrogen and oxygen atoms in total. The molecular weight excluding hydrogens is 304 g/mol. The van der Waals surface area contributed by atoms with Crippen LogP contribution in [0, 0.1) is 5.82 Å². The van der Waals surface area contributed by atoms with Gasteiger partial charge in [-0.2, -0.15) is 13.2 Å². The average Bonchev–Trinajstić information content (AvgIpc) is 2.45. The van der Waals surface area contributed by atoms with Crippen LogP contribution in [0.15, 0.2) is 42.5 Å². The summed E-state index contributed by atoms with van der Waals surface area (Å²) in [5, 5.41) is 18.5. The summed E-state index contributed by atoms with van der Waals surface area (Å²) in [7, 11) is 0. The van der Waals surface area contributed by atoms with Gasteiger partial charge in [-0.25, -0.2) is 9.18 Å². The lowest BCUT2D eigenvalue weighted by Crippen LogP contribution is -2.15. The van der Waals surface area contributed by atoms with Gasteiger partial charge in [0.15, 0.2) is 6.10 Å². The molecule has 2 rings (SSSR count). The molecule has 0 aliphatic carbocycles. The fourth-order valence-electron chi connectivity index (χ4n) is 2.11. The van der Waals surface area contributed by atoms with Crippen LogP contribution in [0.5, 0.6) is 0 Å². The third-order valence-electron chi connectivity index (χ3n) is 3.06. The molecule has 0 fully saturated rings. The van der Waals surface area contributed by atoms with Crippen molar-refractivity contribution in [3.8, 4) is 11.1 Å². The van der Waals surface area contributed by atoms with Crippen LogP contribution in [0.25, 0.3) is 11.1 Å². The normalized spacial score (nSPS) is 13.0. The zero-order chi connectivity index (χ0) is 16.5. The van der Waals surface area contributed by atoms with E-state index >= 15 is 0 Å². The van der Waals surface area contributed by atoms with Gasteiger partial charge in [0.05, 0.1) is 5.56 Å². The van der Waals surface area contributed by atoms with E-state index in [1.165, 1.54) is 0 Å². The molecule has 0 aromatic heterocycles. The number of hydrogen-bond donors (Lipinski definition) is 2. The summed E-state index contributed by atoms with van der Waals surface area (Å²) in [4.78, 5) is 10.9. The van der Waals surface area contributed by atoms with Gasteiger partial charge in [0.1, 0.15) is 5.82 Å². The molecule has 0 radical (unpaired) electrons. The zero-order valence-electron chi connectivity index (χ0n) is 10.9. The standard InChI is InChI=1S/C15H10F4O3/c16-9-6-4-8(5-7-9)12-10(13(20)14(21)22)2-1-3-11(12)15(17,18)19/h1-7,13,20H,(H,21,22). The monoisotopic (exact) mass is 314 g/mol. The summed E-state index contributed by atoms with van der Waals surface area (Å²) in [6, 6.07) is 6.98. The Hall–Kier alpha value is -2.41. The highest BCUT2D eigenvalue weighted by atomic mass is 19.4. The number of halogens is 4. The highest BCUT2D eigenvalue weighted by Gasteiger charge is 2.36. The van der Waals surface area contributed by atoms with Crippen LogP contribution in [0.3, 0.4) is 0 Å². The van der Waals surface area contributed by atoms with Gasteiger partial charge in [0.2, 0.25) is 0 Å². The summed E-state index contributed by atoms with van der Waals surface area (Å²) in [5.74, 6) is -2.32. The number of alkyl halides is 3. The number of aliphatic carboxylic acids is 1. The smallest absolute Gasteiger partial charge is 0.417 e. The van der Waals surface area contributed by atoms with Crippen molar-refractivity contribution in [1.82, 2.24) is 0 Å². The number of carboxylic acids is 1. The summed E-state index contributed by atoms with van der Waals surface area (Å²) in [5.41, 5.74) is -2.03. The molecule has 2 aromatic rings. The molecule has 22 heavy (non-hydrogen) atoms. The molecule has 0 aliphatic rings. The van der Waals surface area contributed by atoms with Crippen LogP contribution in [0.2, 0.25) is 0 Å². The van der Waals surface area contributed by atoms with E-state index in [-0.39, 0.29) is 5.56 Å². The van der Waals surface area contributed by atoms with Gasteiger partial charge in [0.25, 0.3) is 0 Å². The predicted molar refractivity (Wildman–Crippen MR) is 69.4 cm³/mol. The highest BCUT2D eigenvalue weighted by Crippen LogP contribution is 2.40. The lowest BCUT2D eigenvalue weighted by molar-refractivity contribution is -0.147. The molecule has 0 spiro atoms. The molecule has 116 valence electrons. The Bertz CT molecular complexity index is 693. The molecule has 1 atom stereocenters. The Morgan fingerprint density at radius 2 is 1.64 bits per heavy atom. The molecular formula is C15H10F4O3. The average molecular weight is 314 g/mol. The summed E-state index contributed by atoms with van der Waals surface area (Å²) < 4.78 is 52.4. The van der Waals surface area contributed by atoms with Crippen LogP contribution in [0.4, 0.5) is 17.6 Å². The van der Waals surface area contributed by atoms with Crippen LogP contribution < -0.4 is 0 Å². The number of benzene rings is 2. The number of carboxylic acid groups (broad SMARTS) is 1. The first-order valence-electron chi connectivity index (χ1n) is 6.08. The maximum Gasteiger partial charge on any atom is 0.417 e. The molecule has 0 saturated heterocycles. The van der Waals surface area contributed by atoms with Crippen LogP contribution in [0.1, 0.15) is 17.2 Å². The van der Waals surface area contributed by atoms with Crippen molar-refractivity contribution >= 4 is 5.97 Å². The van der Waals surface area contributed by atoms with Crippen molar-refractivity contribution in [3.05, 3.63) is 59.4 Å². The van der Waals surface area contributed by atoms with Gasteiger partial charge in [-0.15, -0.1) is 0 Å². The second-order valence-corrected chi connectivity index (χ2v) is 4.52. The van der Waals surface area contributed by atoms with Crippen molar-refractivity contribution in [2.24, 2.45) is 0 Å². The third kappa shape index (κ3) is 3.09. The van der Waals surface area contributed by atoms with E-state index in [2.05, 4.69) is 0 Å². The molecule has 2 aromatic carbocycles. The number of aliphatic hydroxyl groups excluding tert-OH is 1. The number of hydrogen-bond acceptors (Lipinski definition) is 2. The second kappa shape index (κ2) is 5.76. The van der Waals surface area contributed by atoms with Gasteiger partial charge >= 0.3 is 12.1 Å². The van der Waals surface area contributed by atoms with Crippen molar-refractivity contribution < 1.29 is 32.6 Å². The second-order valence-electron chi connectivity index (χ2n) is 4.52. The van der Waals surface area contributed by atoms with E-state index in [9.17, 15) is 27.5 Å². The van der Waals surface area contributed by atoms with E-state index in [1.54, 1.807) is 0 Å². The van der Waals surface area contributed by atoms with E-state index < -0.39 is 40.8 Å². The topological polar surface area (TPSA) is 57.5 Å². The lowest BCUT2D eigenvalue weighted by atomic mass is 9.91. The predicted octanol–water partition coefficient (Wildman–Crippen LogP) is 3.63. The quantitative estimate of drug-likeness (QED) is 0.851. The molecule has 0 saturated carbocycles. The third-order valence-corrected chi connectivity index (χ3v) is 3.06. The van der Waals surface area contributed by atoms with E-state index in [0.717, 1.165) is 42.5 Å². The van der Waals surface area contributed by atoms with Gasteiger partial charge < -0.3 is 10.2 Å². The molecule has 2 N–H and O–H groups in total. The summed E-state index contributed by atoms with van der Waals surface area (Å²) in [6.07, 6.45) is -6.87. The Morgan fingerprint density at radius 1 is 1.05 bits per heavy atom. The lowest BCUT2D eigenvalue weighted by Gasteiger charge is -2.18. The Morgan fingerprint density at radius 3 is 2.14 bits per heavy atom. The van der Waals surface area contributed by atoms with Gasteiger partial charge in [-0.3, -0.25) is 0 Å². The fourth-order valence-corrected chi connectivity index (χ4v) is 2.11. The first kappa shape index (κ1) is 16.0. The Balaban J connectivity index is 2.76. The van der Waals surface area contributed by atoms with E-state index in [0.29, 0.717) is 0 Å². The minimum absolute atomic E-state index is 0.0374. The van der Waals surface area contributed by atoms with E-state index in [4.69, 9.17) is 5.11 Å². The maximum absolute atomic E-state index is 13.2. The fraction of sp³-hybridized carbons (Fsp3) is 0.133. The highest BCUT2D eigenvalue weighted by molar-refractivity contribution is 5.81. The number of aliphatic hydroxyl groups is 1. The minimum atomic E-state index is -4.75. The number of rotatable bonds is 3. The van der Waals surface area contributed by atoms with Crippen molar-refractivity contribution in [1.29, 1.82) is 0 Å². The molecule has 0 aliphatic heterocycles. The van der Waals surface area contributed by atoms with Crippen LogP contribution >= 0.6 is 0 Å². The van der Waals surface area contributed by atoms with Gasteiger partial charge in [0, 0.05) is 11.1 Å². The SMILES string of the molecule is O=C(O)C(O)c1cccc(C(F)(F)F)c1-c1ccc(F)cc1. The number of carbonyl (C=O) groups is 1. The van der Waals surface area contributed by atoms with Crippen molar-refractivity contribution in [2.75, 3.05) is 0 Å². The molecule has 0 heterocycles. The molecule has 7 heteroatoms. The first-order chi connectivity index (χ1) is 10.2. The Labute approximate surface area is 122 Å². The summed E-state index contributed by atoms with van der Waals surface area (Å²) in [6.45, 7) is 0. The molecule has 1 unspecified atom stereocenters. The zero-order valence-corrected chi connectivity index (χ0v) is 10.9. The molecule has 0 bridgehead atoms. The molecule has 0 amide bonds. The summed E-state index contributed by atoms with van der Waals surface area (Å²) >= 11 is 0. The van der Waals surface area contributed by atoms with Crippen molar-refractivity contribution in [3.63, 3.8) is 0 Å². The Kier molecular flexibility index (Phi) is 4.18. The maximum atomic E-state index is 13.2. The van der Waals surface area contributed by atoms with Gasteiger partial charge in [-0.05, 0) is 23.8 Å². The first-order valence-corrected chi connectivity index (χ1v) is 6.08.